The van der Waals surface area contributed by atoms with E-state index >= 15 is 0 Å². The maximum atomic E-state index is 8.50. The molecule has 0 aliphatic heterocycles. The average Bonchev–Trinajstić information content (AvgIpc) is 2.07. The van der Waals surface area contributed by atoms with E-state index in [1.54, 1.807) is 13.1 Å². The number of aliphatic hydroxyl groups excluding tert-OH is 1. The van der Waals surface area contributed by atoms with E-state index in [-0.39, 0.29) is 13.2 Å². The molecule has 1 heterocycles. The minimum Gasteiger partial charge on any atom is -0.474 e. The summed E-state index contributed by atoms with van der Waals surface area (Å²) in [5, 5.41) is 8.50. The van der Waals surface area contributed by atoms with Crippen LogP contribution in [-0.4, -0.2) is 28.3 Å². The van der Waals surface area contributed by atoms with E-state index in [9.17, 15) is 0 Å². The van der Waals surface area contributed by atoms with Gasteiger partial charge in [0.25, 0.3) is 0 Å². The molecule has 66 valence electrons. The fourth-order valence-electron chi connectivity index (χ4n) is 0.678. The highest BCUT2D eigenvalue weighted by molar-refractivity contribution is 9.10. The average molecular weight is 233 g/mol. The van der Waals surface area contributed by atoms with Gasteiger partial charge >= 0.3 is 0 Å². The summed E-state index contributed by atoms with van der Waals surface area (Å²) in [5.74, 6) is 1.11. The number of rotatable bonds is 3. The van der Waals surface area contributed by atoms with Crippen molar-refractivity contribution in [3.8, 4) is 5.88 Å². The Morgan fingerprint density at radius 1 is 1.67 bits per heavy atom. The number of ether oxygens (including phenoxy) is 1. The van der Waals surface area contributed by atoms with Gasteiger partial charge in [-0.3, -0.25) is 0 Å². The van der Waals surface area contributed by atoms with Gasteiger partial charge in [0, 0.05) is 6.20 Å². The van der Waals surface area contributed by atoms with Crippen LogP contribution in [0.15, 0.2) is 10.7 Å². The van der Waals surface area contributed by atoms with Crippen LogP contribution in [0.1, 0.15) is 5.82 Å². The molecule has 0 amide bonds. The van der Waals surface area contributed by atoms with Crippen molar-refractivity contribution in [1.29, 1.82) is 0 Å². The highest BCUT2D eigenvalue weighted by atomic mass is 79.9. The predicted octanol–water partition coefficient (Wildman–Crippen LogP) is 0.919. The molecule has 0 aliphatic carbocycles. The fraction of sp³-hybridized carbons (Fsp3) is 0.429. The van der Waals surface area contributed by atoms with E-state index < -0.39 is 0 Å². The van der Waals surface area contributed by atoms with Gasteiger partial charge in [0.2, 0.25) is 5.88 Å². The summed E-state index contributed by atoms with van der Waals surface area (Å²) in [6, 6.07) is 0. The Balaban J connectivity index is 2.75. The van der Waals surface area contributed by atoms with Crippen LogP contribution in [0.4, 0.5) is 0 Å². The number of aromatic nitrogens is 2. The molecule has 1 rings (SSSR count). The van der Waals surface area contributed by atoms with Gasteiger partial charge in [-0.1, -0.05) is 0 Å². The van der Waals surface area contributed by atoms with Crippen LogP contribution >= 0.6 is 15.9 Å². The maximum Gasteiger partial charge on any atom is 0.231 e. The monoisotopic (exact) mass is 232 g/mol. The molecule has 4 nitrogen and oxygen atoms in total. The van der Waals surface area contributed by atoms with Crippen molar-refractivity contribution in [3.05, 3.63) is 16.5 Å². The van der Waals surface area contributed by atoms with Crippen molar-refractivity contribution >= 4 is 15.9 Å². The first kappa shape index (κ1) is 9.41. The van der Waals surface area contributed by atoms with E-state index in [0.29, 0.717) is 16.2 Å². The second-order valence-corrected chi connectivity index (χ2v) is 3.00. The highest BCUT2D eigenvalue weighted by Crippen LogP contribution is 2.20. The lowest BCUT2D eigenvalue weighted by molar-refractivity contribution is 0.195. The molecule has 0 fully saturated rings. The van der Waals surface area contributed by atoms with Gasteiger partial charge < -0.3 is 9.84 Å². The maximum absolute atomic E-state index is 8.50. The van der Waals surface area contributed by atoms with E-state index in [2.05, 4.69) is 25.9 Å². The Labute approximate surface area is 78.7 Å². The minimum absolute atomic E-state index is 0.0184. The van der Waals surface area contributed by atoms with Crippen LogP contribution in [0.25, 0.3) is 0 Å². The minimum atomic E-state index is -0.0184. The molecule has 0 aliphatic rings. The first-order valence-corrected chi connectivity index (χ1v) is 4.26. The summed E-state index contributed by atoms with van der Waals surface area (Å²) in [5.41, 5.74) is 0. The quantitative estimate of drug-likeness (QED) is 0.843. The summed E-state index contributed by atoms with van der Waals surface area (Å²) in [4.78, 5) is 7.97. The third-order valence-electron chi connectivity index (χ3n) is 1.16. The Bertz CT molecular complexity index is 268. The van der Waals surface area contributed by atoms with Gasteiger partial charge in [0.05, 0.1) is 11.1 Å². The van der Waals surface area contributed by atoms with Crippen LogP contribution in [0, 0.1) is 6.92 Å². The molecule has 0 saturated carbocycles. The van der Waals surface area contributed by atoms with E-state index in [0.717, 1.165) is 0 Å². The summed E-state index contributed by atoms with van der Waals surface area (Å²) in [6.45, 7) is 2.00. The topological polar surface area (TPSA) is 55.2 Å². The molecule has 0 atom stereocenters. The second-order valence-electron chi connectivity index (χ2n) is 2.14. The standard InChI is InChI=1S/C7H9BrN2O2/c1-5-9-4-6(8)7(10-5)12-3-2-11/h4,11H,2-3H2,1H3. The Morgan fingerprint density at radius 2 is 2.42 bits per heavy atom. The molecule has 0 aromatic carbocycles. The molecule has 0 radical (unpaired) electrons. The molecule has 1 aromatic heterocycles. The molecule has 0 spiro atoms. The zero-order chi connectivity index (χ0) is 8.97. The van der Waals surface area contributed by atoms with Gasteiger partial charge in [0.15, 0.2) is 0 Å². The molecule has 12 heavy (non-hydrogen) atoms. The number of nitrogens with zero attached hydrogens (tertiary/aromatic N) is 2. The number of halogens is 1. The molecule has 0 bridgehead atoms. The number of aliphatic hydroxyl groups is 1. The lowest BCUT2D eigenvalue weighted by atomic mass is 10.6. The summed E-state index contributed by atoms with van der Waals surface area (Å²) < 4.78 is 5.81. The van der Waals surface area contributed by atoms with Crippen molar-refractivity contribution < 1.29 is 9.84 Å². The lowest BCUT2D eigenvalue weighted by Gasteiger charge is -2.04. The number of aryl methyl sites for hydroxylation is 1. The third kappa shape index (κ3) is 2.42. The van der Waals surface area contributed by atoms with Crippen molar-refractivity contribution in [2.75, 3.05) is 13.2 Å². The molecular formula is C7H9BrN2O2. The summed E-state index contributed by atoms with van der Waals surface area (Å²) in [7, 11) is 0. The first-order valence-electron chi connectivity index (χ1n) is 3.47. The van der Waals surface area contributed by atoms with Crippen LogP contribution in [0.2, 0.25) is 0 Å². The van der Waals surface area contributed by atoms with Gasteiger partial charge in [-0.15, -0.1) is 0 Å². The van der Waals surface area contributed by atoms with Gasteiger partial charge in [0.1, 0.15) is 12.4 Å². The number of hydrogen-bond donors (Lipinski definition) is 1. The zero-order valence-corrected chi connectivity index (χ0v) is 8.21. The molecule has 0 unspecified atom stereocenters. The Morgan fingerprint density at radius 3 is 3.08 bits per heavy atom. The van der Waals surface area contributed by atoms with Crippen LogP contribution < -0.4 is 4.74 Å². The van der Waals surface area contributed by atoms with Gasteiger partial charge in [-0.25, -0.2) is 4.98 Å². The molecule has 1 aromatic rings. The van der Waals surface area contributed by atoms with Crippen LogP contribution in [0.5, 0.6) is 5.88 Å². The zero-order valence-electron chi connectivity index (χ0n) is 6.62. The summed E-state index contributed by atoms with van der Waals surface area (Å²) in [6.07, 6.45) is 1.62. The van der Waals surface area contributed by atoms with Crippen molar-refractivity contribution in [2.24, 2.45) is 0 Å². The summed E-state index contributed by atoms with van der Waals surface area (Å²) >= 11 is 3.23. The molecule has 5 heteroatoms. The Kier molecular flexibility index (Phi) is 3.43. The molecule has 1 N–H and O–H groups in total. The smallest absolute Gasteiger partial charge is 0.231 e. The molecular weight excluding hydrogens is 224 g/mol. The SMILES string of the molecule is Cc1ncc(Br)c(OCCO)n1. The van der Waals surface area contributed by atoms with E-state index in [4.69, 9.17) is 9.84 Å². The van der Waals surface area contributed by atoms with Gasteiger partial charge in [-0.05, 0) is 22.9 Å². The van der Waals surface area contributed by atoms with E-state index in [1.165, 1.54) is 0 Å². The van der Waals surface area contributed by atoms with E-state index in [1.807, 2.05) is 0 Å². The molecule has 0 saturated heterocycles. The van der Waals surface area contributed by atoms with Crippen molar-refractivity contribution in [2.45, 2.75) is 6.92 Å². The Hall–Kier alpha value is -0.680. The number of hydrogen-bond acceptors (Lipinski definition) is 4. The van der Waals surface area contributed by atoms with Crippen molar-refractivity contribution in [1.82, 2.24) is 9.97 Å². The second kappa shape index (κ2) is 4.37. The largest absolute Gasteiger partial charge is 0.474 e. The third-order valence-corrected chi connectivity index (χ3v) is 1.71. The van der Waals surface area contributed by atoms with Gasteiger partial charge in [-0.2, -0.15) is 4.98 Å². The van der Waals surface area contributed by atoms with Crippen LogP contribution in [-0.2, 0) is 0 Å². The van der Waals surface area contributed by atoms with Crippen LogP contribution in [0.3, 0.4) is 0 Å². The normalized spacial score (nSPS) is 9.92. The van der Waals surface area contributed by atoms with Crippen molar-refractivity contribution in [3.63, 3.8) is 0 Å². The highest BCUT2D eigenvalue weighted by Gasteiger charge is 2.02. The predicted molar refractivity (Wildman–Crippen MR) is 47.0 cm³/mol. The fourth-order valence-corrected chi connectivity index (χ4v) is 0.984. The lowest BCUT2D eigenvalue weighted by Crippen LogP contribution is -2.04. The first-order chi connectivity index (χ1) is 5.74.